The van der Waals surface area contributed by atoms with Gasteiger partial charge < -0.3 is 10.2 Å². The Kier molecular flexibility index (Phi) is 4.14. The average Bonchev–Trinajstić information content (AvgIpc) is 2.49. The Bertz CT molecular complexity index is 407. The quantitative estimate of drug-likeness (QED) is 0.881. The zero-order valence-corrected chi connectivity index (χ0v) is 11.4. The van der Waals surface area contributed by atoms with E-state index in [2.05, 4.69) is 10.2 Å². The summed E-state index contributed by atoms with van der Waals surface area (Å²) in [5.74, 6) is 0.391. The smallest absolute Gasteiger partial charge is 0.126 e. The van der Waals surface area contributed by atoms with Crippen LogP contribution < -0.4 is 5.32 Å². The van der Waals surface area contributed by atoms with Gasteiger partial charge in [0.05, 0.1) is 0 Å². The molecule has 2 saturated heterocycles. The maximum absolute atomic E-state index is 13.8. The summed E-state index contributed by atoms with van der Waals surface area (Å²) in [6.45, 7) is 4.56. The van der Waals surface area contributed by atoms with E-state index in [-0.39, 0.29) is 5.82 Å². The van der Waals surface area contributed by atoms with Crippen molar-refractivity contribution >= 4 is 0 Å². The lowest BCUT2D eigenvalue weighted by Crippen LogP contribution is -2.46. The standard InChI is InChI=1S/C16H23FN2/c17-16-4-2-1-3-15(16)13-7-11-19(12-8-13)14-5-9-18-10-6-14/h1-4,13-14,18H,5-12H2. The third-order valence-corrected chi connectivity index (χ3v) is 4.70. The second-order valence-corrected chi connectivity index (χ2v) is 5.81. The topological polar surface area (TPSA) is 15.3 Å². The van der Waals surface area contributed by atoms with Crippen LogP contribution in [0.3, 0.4) is 0 Å². The highest BCUT2D eigenvalue weighted by Gasteiger charge is 2.27. The molecule has 0 unspecified atom stereocenters. The Labute approximate surface area is 115 Å². The zero-order valence-electron chi connectivity index (χ0n) is 11.4. The summed E-state index contributed by atoms with van der Waals surface area (Å²) < 4.78 is 13.8. The van der Waals surface area contributed by atoms with Crippen molar-refractivity contribution in [1.29, 1.82) is 0 Å². The number of piperidine rings is 2. The molecule has 2 heterocycles. The zero-order chi connectivity index (χ0) is 13.1. The van der Waals surface area contributed by atoms with E-state index < -0.39 is 0 Å². The molecule has 0 bridgehead atoms. The predicted octanol–water partition coefficient (Wildman–Crippen LogP) is 2.76. The number of halogens is 1. The average molecular weight is 262 g/mol. The van der Waals surface area contributed by atoms with E-state index in [4.69, 9.17) is 0 Å². The second kappa shape index (κ2) is 6.02. The van der Waals surface area contributed by atoms with E-state index in [9.17, 15) is 4.39 Å². The van der Waals surface area contributed by atoms with E-state index >= 15 is 0 Å². The van der Waals surface area contributed by atoms with Crippen molar-refractivity contribution in [2.75, 3.05) is 26.2 Å². The molecule has 0 spiro atoms. The van der Waals surface area contributed by atoms with Crippen molar-refractivity contribution in [2.24, 2.45) is 0 Å². The minimum atomic E-state index is -0.0252. The Morgan fingerprint density at radius 2 is 1.68 bits per heavy atom. The SMILES string of the molecule is Fc1ccccc1C1CCN(C2CCNCC2)CC1. The van der Waals surface area contributed by atoms with Crippen LogP contribution in [0.25, 0.3) is 0 Å². The van der Waals surface area contributed by atoms with Gasteiger partial charge >= 0.3 is 0 Å². The van der Waals surface area contributed by atoms with Gasteiger partial charge in [-0.15, -0.1) is 0 Å². The van der Waals surface area contributed by atoms with Crippen molar-refractivity contribution in [3.05, 3.63) is 35.6 Å². The van der Waals surface area contributed by atoms with Crippen molar-refractivity contribution in [1.82, 2.24) is 10.2 Å². The summed E-state index contributed by atoms with van der Waals surface area (Å²) in [7, 11) is 0. The first-order valence-electron chi connectivity index (χ1n) is 7.54. The maximum atomic E-state index is 13.8. The van der Waals surface area contributed by atoms with Gasteiger partial charge in [-0.25, -0.2) is 4.39 Å². The highest BCUT2D eigenvalue weighted by atomic mass is 19.1. The van der Waals surface area contributed by atoms with E-state index in [1.54, 1.807) is 12.1 Å². The van der Waals surface area contributed by atoms with Gasteiger partial charge in [0.15, 0.2) is 0 Å². The van der Waals surface area contributed by atoms with Gasteiger partial charge in [0.25, 0.3) is 0 Å². The van der Waals surface area contributed by atoms with Gasteiger partial charge in [0, 0.05) is 6.04 Å². The summed E-state index contributed by atoms with van der Waals surface area (Å²) in [4.78, 5) is 2.62. The van der Waals surface area contributed by atoms with Crippen molar-refractivity contribution in [3.8, 4) is 0 Å². The molecule has 2 aliphatic rings. The third-order valence-electron chi connectivity index (χ3n) is 4.70. The molecule has 3 rings (SSSR count). The van der Waals surface area contributed by atoms with Crippen LogP contribution in [-0.4, -0.2) is 37.1 Å². The van der Waals surface area contributed by atoms with E-state index in [0.717, 1.165) is 50.6 Å². The van der Waals surface area contributed by atoms with Gasteiger partial charge in [-0.05, 0) is 69.4 Å². The van der Waals surface area contributed by atoms with Gasteiger partial charge in [0.2, 0.25) is 0 Å². The summed E-state index contributed by atoms with van der Waals surface area (Å²) in [6.07, 6.45) is 4.74. The molecule has 0 radical (unpaired) electrons. The Morgan fingerprint density at radius 3 is 2.37 bits per heavy atom. The fraction of sp³-hybridized carbons (Fsp3) is 0.625. The molecule has 1 aromatic rings. The number of rotatable bonds is 2. The normalized spacial score (nSPS) is 23.6. The van der Waals surface area contributed by atoms with E-state index in [0.29, 0.717) is 5.92 Å². The Hall–Kier alpha value is -0.930. The van der Waals surface area contributed by atoms with Crippen LogP contribution in [-0.2, 0) is 0 Å². The molecular weight excluding hydrogens is 239 g/mol. The first kappa shape index (κ1) is 13.1. The van der Waals surface area contributed by atoms with Gasteiger partial charge in [-0.2, -0.15) is 0 Å². The highest BCUT2D eigenvalue weighted by molar-refractivity contribution is 5.22. The number of benzene rings is 1. The number of nitrogens with zero attached hydrogens (tertiary/aromatic N) is 1. The summed E-state index contributed by atoms with van der Waals surface area (Å²) in [6, 6.07) is 8.04. The van der Waals surface area contributed by atoms with Gasteiger partial charge in [-0.1, -0.05) is 18.2 Å². The molecule has 0 atom stereocenters. The number of nitrogens with one attached hydrogen (secondary N) is 1. The lowest BCUT2D eigenvalue weighted by atomic mass is 9.88. The molecule has 0 amide bonds. The molecule has 0 saturated carbocycles. The minimum absolute atomic E-state index is 0.0252. The second-order valence-electron chi connectivity index (χ2n) is 5.81. The molecule has 2 nitrogen and oxygen atoms in total. The van der Waals surface area contributed by atoms with Crippen LogP contribution in [0.1, 0.15) is 37.2 Å². The molecule has 3 heteroatoms. The lowest BCUT2D eigenvalue weighted by Gasteiger charge is -2.39. The van der Waals surface area contributed by atoms with Crippen LogP contribution in [0.5, 0.6) is 0 Å². The number of hydrogen-bond donors (Lipinski definition) is 1. The molecule has 1 N–H and O–H groups in total. The fourth-order valence-electron chi connectivity index (χ4n) is 3.55. The van der Waals surface area contributed by atoms with Gasteiger partial charge in [-0.3, -0.25) is 0 Å². The molecule has 1 aromatic carbocycles. The Morgan fingerprint density at radius 1 is 1.00 bits per heavy atom. The Balaban J connectivity index is 1.58. The van der Waals surface area contributed by atoms with Crippen molar-refractivity contribution < 1.29 is 4.39 Å². The van der Waals surface area contributed by atoms with Crippen LogP contribution >= 0.6 is 0 Å². The number of likely N-dealkylation sites (tertiary alicyclic amines) is 1. The first-order chi connectivity index (χ1) is 9.34. The largest absolute Gasteiger partial charge is 0.317 e. The van der Waals surface area contributed by atoms with Crippen LogP contribution in [0.2, 0.25) is 0 Å². The molecule has 2 fully saturated rings. The van der Waals surface area contributed by atoms with Crippen LogP contribution in [0.4, 0.5) is 4.39 Å². The molecule has 19 heavy (non-hydrogen) atoms. The first-order valence-corrected chi connectivity index (χ1v) is 7.54. The van der Waals surface area contributed by atoms with Crippen LogP contribution in [0.15, 0.2) is 24.3 Å². The summed E-state index contributed by atoms with van der Waals surface area (Å²) in [5, 5.41) is 3.42. The highest BCUT2D eigenvalue weighted by Crippen LogP contribution is 2.31. The molecular formula is C16H23FN2. The third kappa shape index (κ3) is 2.98. The lowest BCUT2D eigenvalue weighted by molar-refractivity contribution is 0.126. The van der Waals surface area contributed by atoms with Crippen molar-refractivity contribution in [3.63, 3.8) is 0 Å². The minimum Gasteiger partial charge on any atom is -0.317 e. The fourth-order valence-corrected chi connectivity index (χ4v) is 3.55. The molecule has 104 valence electrons. The van der Waals surface area contributed by atoms with E-state index in [1.807, 2.05) is 12.1 Å². The van der Waals surface area contributed by atoms with Gasteiger partial charge in [0.1, 0.15) is 5.82 Å². The molecule has 0 aliphatic carbocycles. The van der Waals surface area contributed by atoms with Crippen LogP contribution in [0, 0.1) is 5.82 Å². The monoisotopic (exact) mass is 262 g/mol. The van der Waals surface area contributed by atoms with E-state index in [1.165, 1.54) is 12.8 Å². The predicted molar refractivity (Wildman–Crippen MR) is 75.8 cm³/mol. The molecule has 2 aliphatic heterocycles. The maximum Gasteiger partial charge on any atom is 0.126 e. The summed E-state index contributed by atoms with van der Waals surface area (Å²) >= 11 is 0. The molecule has 0 aromatic heterocycles. The van der Waals surface area contributed by atoms with Crippen molar-refractivity contribution in [2.45, 2.75) is 37.6 Å². The summed E-state index contributed by atoms with van der Waals surface area (Å²) in [5.41, 5.74) is 0.924. The number of hydrogen-bond acceptors (Lipinski definition) is 2.